The zero-order chi connectivity index (χ0) is 29.1. The third-order valence-corrected chi connectivity index (χ3v) is 8.38. The normalized spacial score (nSPS) is 15.0. The summed E-state index contributed by atoms with van der Waals surface area (Å²) in [5, 5.41) is 14.8. The van der Waals surface area contributed by atoms with Gasteiger partial charge in [-0.15, -0.1) is 0 Å². The van der Waals surface area contributed by atoms with Crippen molar-refractivity contribution in [2.45, 2.75) is 25.8 Å². The minimum absolute atomic E-state index is 0.317. The second-order valence-electron chi connectivity index (χ2n) is 10.8. The van der Waals surface area contributed by atoms with Gasteiger partial charge in [-0.3, -0.25) is 9.69 Å². The maximum atomic E-state index is 13.3. The molecule has 0 saturated carbocycles. The van der Waals surface area contributed by atoms with E-state index in [1.165, 1.54) is 12.1 Å². The summed E-state index contributed by atoms with van der Waals surface area (Å²) in [5.41, 5.74) is 4.69. The molecule has 0 bridgehead atoms. The van der Waals surface area contributed by atoms with Gasteiger partial charge in [0, 0.05) is 28.3 Å². The first-order valence-corrected chi connectivity index (χ1v) is 14.2. The highest BCUT2D eigenvalue weighted by molar-refractivity contribution is 6.33. The number of carboxylic acids is 1. The minimum atomic E-state index is -0.833. The van der Waals surface area contributed by atoms with Crippen LogP contribution in [0.3, 0.4) is 0 Å². The van der Waals surface area contributed by atoms with E-state index in [4.69, 9.17) is 16.1 Å². The number of rotatable bonds is 8. The van der Waals surface area contributed by atoms with Crippen molar-refractivity contribution < 1.29 is 18.8 Å². The summed E-state index contributed by atoms with van der Waals surface area (Å²) < 4.78 is 18.9. The van der Waals surface area contributed by atoms with Gasteiger partial charge in [0.2, 0.25) is 5.82 Å². The first-order valence-electron chi connectivity index (χ1n) is 13.9. The van der Waals surface area contributed by atoms with E-state index in [2.05, 4.69) is 15.0 Å². The molecule has 1 N–H and O–H groups in total. The number of benzene rings is 4. The molecule has 1 aliphatic heterocycles. The molecule has 5 aromatic rings. The molecule has 1 fully saturated rings. The number of carboxylic acid groups (broad SMARTS) is 1. The lowest BCUT2D eigenvalue weighted by Crippen LogP contribution is -2.45. The lowest BCUT2D eigenvalue weighted by atomic mass is 9.74. The van der Waals surface area contributed by atoms with Gasteiger partial charge < -0.3 is 9.63 Å². The van der Waals surface area contributed by atoms with Gasteiger partial charge in [0.15, 0.2) is 0 Å². The van der Waals surface area contributed by atoms with E-state index >= 15 is 0 Å². The van der Waals surface area contributed by atoms with Crippen LogP contribution in [-0.2, 0) is 17.8 Å². The third-order valence-electron chi connectivity index (χ3n) is 8.07. The molecule has 0 amide bonds. The van der Waals surface area contributed by atoms with Crippen molar-refractivity contribution in [1.29, 1.82) is 0 Å². The summed E-state index contributed by atoms with van der Waals surface area (Å²) in [4.78, 5) is 19.1. The van der Waals surface area contributed by atoms with Crippen molar-refractivity contribution in [2.24, 2.45) is 5.41 Å². The highest BCUT2D eigenvalue weighted by Gasteiger charge is 2.41. The molecule has 1 aliphatic rings. The Bertz CT molecular complexity index is 1680. The lowest BCUT2D eigenvalue weighted by molar-refractivity contribution is -0.152. The highest BCUT2D eigenvalue weighted by Crippen LogP contribution is 2.36. The van der Waals surface area contributed by atoms with Crippen molar-refractivity contribution in [3.8, 4) is 34.0 Å². The molecular weight excluding hydrogens is 553 g/mol. The smallest absolute Gasteiger partial charge is 0.310 e. The van der Waals surface area contributed by atoms with E-state index in [0.717, 1.165) is 39.9 Å². The maximum Gasteiger partial charge on any atom is 0.310 e. The van der Waals surface area contributed by atoms with Crippen LogP contribution >= 0.6 is 11.6 Å². The maximum absolute atomic E-state index is 13.3. The Morgan fingerprint density at radius 1 is 0.881 bits per heavy atom. The average Bonchev–Trinajstić information content (AvgIpc) is 3.51. The molecule has 2 heterocycles. The second-order valence-corrected chi connectivity index (χ2v) is 11.3. The zero-order valence-electron chi connectivity index (χ0n) is 22.8. The molecule has 1 aromatic heterocycles. The lowest BCUT2D eigenvalue weighted by Gasteiger charge is -2.39. The van der Waals surface area contributed by atoms with Crippen molar-refractivity contribution in [2.75, 3.05) is 13.1 Å². The fourth-order valence-corrected chi connectivity index (χ4v) is 5.86. The van der Waals surface area contributed by atoms with Gasteiger partial charge >= 0.3 is 5.97 Å². The molecule has 42 heavy (non-hydrogen) atoms. The largest absolute Gasteiger partial charge is 0.481 e. The molecule has 6 nitrogen and oxygen atoms in total. The Hall–Kier alpha value is -4.33. The number of nitrogens with zero attached hydrogens (tertiary/aromatic N) is 3. The quantitative estimate of drug-likeness (QED) is 0.202. The van der Waals surface area contributed by atoms with Crippen LogP contribution in [0.1, 0.15) is 24.0 Å². The molecule has 212 valence electrons. The first-order chi connectivity index (χ1) is 20.4. The second kappa shape index (κ2) is 11.9. The SMILES string of the molecule is O=C(O)C1(Cc2ccc(F)cc2)CCN(Cc2ccc(-c3noc(-c4ccc(-c5ccccc5)c(Cl)c4)n3)cc2)CC1. The van der Waals surface area contributed by atoms with Crippen molar-refractivity contribution >= 4 is 17.6 Å². The number of carbonyl (C=O) groups is 1. The molecule has 0 unspecified atom stereocenters. The van der Waals surface area contributed by atoms with Gasteiger partial charge in [-0.2, -0.15) is 4.98 Å². The monoisotopic (exact) mass is 581 g/mol. The number of halogens is 2. The van der Waals surface area contributed by atoms with Crippen LogP contribution in [0, 0.1) is 11.2 Å². The number of hydrogen-bond acceptors (Lipinski definition) is 5. The summed E-state index contributed by atoms with van der Waals surface area (Å²) >= 11 is 6.57. The van der Waals surface area contributed by atoms with Gasteiger partial charge in [-0.25, -0.2) is 4.39 Å². The van der Waals surface area contributed by atoms with Gasteiger partial charge in [0.05, 0.1) is 5.41 Å². The number of piperidine rings is 1. The highest BCUT2D eigenvalue weighted by atomic mass is 35.5. The van der Waals surface area contributed by atoms with Gasteiger partial charge in [0.25, 0.3) is 5.89 Å². The van der Waals surface area contributed by atoms with E-state index in [1.54, 1.807) is 12.1 Å². The molecular formula is C34H29ClFN3O3. The fourth-order valence-electron chi connectivity index (χ4n) is 5.57. The third kappa shape index (κ3) is 5.98. The van der Waals surface area contributed by atoms with E-state index in [-0.39, 0.29) is 5.82 Å². The Morgan fingerprint density at radius 2 is 1.55 bits per heavy atom. The van der Waals surface area contributed by atoms with E-state index in [9.17, 15) is 14.3 Å². The van der Waals surface area contributed by atoms with Crippen LogP contribution in [0.4, 0.5) is 4.39 Å². The summed E-state index contributed by atoms with van der Waals surface area (Å²) in [7, 11) is 0. The molecule has 8 heteroatoms. The summed E-state index contributed by atoms with van der Waals surface area (Å²) in [6.45, 7) is 2.07. The molecule has 1 saturated heterocycles. The van der Waals surface area contributed by atoms with Crippen LogP contribution in [0.25, 0.3) is 34.0 Å². The summed E-state index contributed by atoms with van der Waals surface area (Å²) in [6.07, 6.45) is 1.49. The first kappa shape index (κ1) is 27.8. The van der Waals surface area contributed by atoms with Gasteiger partial charge in [-0.1, -0.05) is 89.6 Å². The summed E-state index contributed by atoms with van der Waals surface area (Å²) in [6, 6.07) is 29.8. The van der Waals surface area contributed by atoms with Crippen molar-refractivity contribution in [3.63, 3.8) is 0 Å². The number of aliphatic carboxylic acids is 1. The van der Waals surface area contributed by atoms with Crippen molar-refractivity contribution in [3.05, 3.63) is 119 Å². The van der Waals surface area contributed by atoms with E-state index in [0.29, 0.717) is 49.1 Å². The fraction of sp³-hybridized carbons (Fsp3) is 0.206. The topological polar surface area (TPSA) is 79.5 Å². The Kier molecular flexibility index (Phi) is 7.87. The van der Waals surface area contributed by atoms with Crippen LogP contribution < -0.4 is 0 Å². The number of aromatic nitrogens is 2. The molecule has 0 atom stereocenters. The van der Waals surface area contributed by atoms with E-state index < -0.39 is 11.4 Å². The molecule has 0 spiro atoms. The molecule has 0 radical (unpaired) electrons. The average molecular weight is 582 g/mol. The molecule has 4 aromatic carbocycles. The standard InChI is InChI=1S/C34H29ClFN3O3/c35-30-20-27(12-15-29(30)25-4-2-1-3-5-25)32-37-31(38-42-32)26-10-6-24(7-11-26)22-39-18-16-34(17-19-39,33(40)41)21-23-8-13-28(36)14-9-23/h1-15,20H,16-19,21-22H2,(H,40,41). The zero-order valence-corrected chi connectivity index (χ0v) is 23.6. The molecule has 0 aliphatic carbocycles. The predicted octanol–water partition coefficient (Wildman–Crippen LogP) is 7.77. The van der Waals surface area contributed by atoms with Crippen LogP contribution in [-0.4, -0.2) is 39.2 Å². The van der Waals surface area contributed by atoms with Gasteiger partial charge in [0.1, 0.15) is 5.82 Å². The van der Waals surface area contributed by atoms with Crippen LogP contribution in [0.15, 0.2) is 102 Å². The Balaban J connectivity index is 1.08. The Morgan fingerprint density at radius 3 is 2.21 bits per heavy atom. The van der Waals surface area contributed by atoms with Crippen LogP contribution in [0.2, 0.25) is 5.02 Å². The summed E-state index contributed by atoms with van der Waals surface area (Å²) in [5.74, 6) is -0.219. The minimum Gasteiger partial charge on any atom is -0.481 e. The van der Waals surface area contributed by atoms with Gasteiger partial charge in [-0.05, 0) is 73.3 Å². The predicted molar refractivity (Wildman–Crippen MR) is 160 cm³/mol. The van der Waals surface area contributed by atoms with E-state index in [1.807, 2.05) is 72.8 Å². The number of likely N-dealkylation sites (tertiary alicyclic amines) is 1. The Labute approximate surface area is 248 Å². The van der Waals surface area contributed by atoms with Crippen LogP contribution in [0.5, 0.6) is 0 Å². The molecule has 6 rings (SSSR count). The van der Waals surface area contributed by atoms with Crippen molar-refractivity contribution in [1.82, 2.24) is 15.0 Å². The number of hydrogen-bond donors (Lipinski definition) is 1.